The number of amides is 1. The molecule has 2 aromatic heterocycles. The predicted molar refractivity (Wildman–Crippen MR) is 99.9 cm³/mol. The number of aromatic nitrogens is 3. The van der Waals surface area contributed by atoms with Crippen LogP contribution in [0.3, 0.4) is 0 Å². The largest absolute Gasteiger partial charge is 0.338 e. The second-order valence-corrected chi connectivity index (χ2v) is 6.66. The molecule has 1 saturated heterocycles. The Morgan fingerprint density at radius 1 is 1.07 bits per heavy atom. The van der Waals surface area contributed by atoms with Crippen LogP contribution in [0.5, 0.6) is 0 Å². The first kappa shape index (κ1) is 17.4. The van der Waals surface area contributed by atoms with Crippen LogP contribution in [0.15, 0.2) is 53.2 Å². The summed E-state index contributed by atoms with van der Waals surface area (Å²) in [5.74, 6) is 1.18. The third-order valence-corrected chi connectivity index (χ3v) is 4.68. The Balaban J connectivity index is 1.33. The minimum Gasteiger partial charge on any atom is -0.338 e. The number of carbonyl (C=O) groups excluding carboxylic acids is 1. The molecule has 1 amide bonds. The van der Waals surface area contributed by atoms with E-state index >= 15 is 0 Å². The number of benzene rings is 1. The topological polar surface area (TPSA) is 75.4 Å². The molecule has 1 aromatic carbocycles. The van der Waals surface area contributed by atoms with Crippen LogP contribution in [-0.4, -0.2) is 57.0 Å². The molecular weight excluding hydrogens is 342 g/mol. The van der Waals surface area contributed by atoms with Crippen molar-refractivity contribution in [3.05, 3.63) is 65.8 Å². The summed E-state index contributed by atoms with van der Waals surface area (Å²) < 4.78 is 5.40. The van der Waals surface area contributed by atoms with Crippen LogP contribution in [0.2, 0.25) is 0 Å². The lowest BCUT2D eigenvalue weighted by Crippen LogP contribution is -2.48. The Kier molecular flexibility index (Phi) is 4.93. The smallest absolute Gasteiger partial charge is 0.272 e. The molecule has 1 aliphatic rings. The lowest BCUT2D eigenvalue weighted by molar-refractivity contribution is 0.0609. The van der Waals surface area contributed by atoms with Crippen LogP contribution < -0.4 is 0 Å². The molecule has 0 saturated carbocycles. The Labute approximate surface area is 157 Å². The highest BCUT2D eigenvalue weighted by Crippen LogP contribution is 2.17. The van der Waals surface area contributed by atoms with Crippen molar-refractivity contribution in [2.24, 2.45) is 0 Å². The first-order valence-corrected chi connectivity index (χ1v) is 9.01. The molecule has 7 nitrogen and oxygen atoms in total. The number of piperazine rings is 1. The first-order valence-electron chi connectivity index (χ1n) is 9.01. The number of nitrogens with zero attached hydrogens (tertiary/aromatic N) is 5. The van der Waals surface area contributed by atoms with Gasteiger partial charge < -0.3 is 9.42 Å². The van der Waals surface area contributed by atoms with Crippen molar-refractivity contribution < 1.29 is 9.32 Å². The number of rotatable bonds is 4. The van der Waals surface area contributed by atoms with Gasteiger partial charge in [0.1, 0.15) is 5.69 Å². The molecular formula is C20H21N5O2. The molecule has 138 valence electrons. The van der Waals surface area contributed by atoms with Crippen molar-refractivity contribution in [3.63, 3.8) is 0 Å². The van der Waals surface area contributed by atoms with E-state index < -0.39 is 0 Å². The number of hydrogen-bond donors (Lipinski definition) is 0. The molecule has 27 heavy (non-hydrogen) atoms. The van der Waals surface area contributed by atoms with Gasteiger partial charge in [-0.25, -0.2) is 0 Å². The Hall–Kier alpha value is -3.06. The van der Waals surface area contributed by atoms with Crippen LogP contribution in [0.4, 0.5) is 0 Å². The number of aryl methyl sites for hydroxylation is 1. The zero-order valence-electron chi connectivity index (χ0n) is 15.2. The quantitative estimate of drug-likeness (QED) is 0.709. The molecule has 0 spiro atoms. The summed E-state index contributed by atoms with van der Waals surface area (Å²) in [6, 6.07) is 13.4. The lowest BCUT2D eigenvalue weighted by Gasteiger charge is -2.33. The Bertz CT molecular complexity index is 900. The van der Waals surface area contributed by atoms with Crippen LogP contribution in [0.1, 0.15) is 21.9 Å². The van der Waals surface area contributed by atoms with Gasteiger partial charge in [-0.3, -0.25) is 14.7 Å². The predicted octanol–water partition coefficient (Wildman–Crippen LogP) is 2.40. The third-order valence-electron chi connectivity index (χ3n) is 4.68. The fourth-order valence-corrected chi connectivity index (χ4v) is 3.09. The average Bonchev–Trinajstić information content (AvgIpc) is 3.18. The fraction of sp³-hybridized carbons (Fsp3) is 0.300. The summed E-state index contributed by atoms with van der Waals surface area (Å²) in [4.78, 5) is 25.1. The van der Waals surface area contributed by atoms with Gasteiger partial charge in [0.25, 0.3) is 5.91 Å². The van der Waals surface area contributed by atoms with E-state index in [4.69, 9.17) is 4.52 Å². The molecule has 3 heterocycles. The summed E-state index contributed by atoms with van der Waals surface area (Å²) in [5, 5.41) is 4.08. The normalized spacial score (nSPS) is 15.1. The molecule has 0 atom stereocenters. The van der Waals surface area contributed by atoms with E-state index in [0.717, 1.165) is 18.7 Å². The monoisotopic (exact) mass is 363 g/mol. The van der Waals surface area contributed by atoms with Gasteiger partial charge in [-0.15, -0.1) is 0 Å². The molecule has 0 bridgehead atoms. The Morgan fingerprint density at radius 3 is 2.56 bits per heavy atom. The molecule has 0 aliphatic carbocycles. The van der Waals surface area contributed by atoms with Crippen molar-refractivity contribution in [1.29, 1.82) is 0 Å². The molecule has 1 fully saturated rings. The van der Waals surface area contributed by atoms with Gasteiger partial charge in [-0.05, 0) is 19.1 Å². The van der Waals surface area contributed by atoms with Crippen molar-refractivity contribution >= 4 is 5.91 Å². The highest BCUT2D eigenvalue weighted by molar-refractivity contribution is 5.92. The zero-order chi connectivity index (χ0) is 18.6. The van der Waals surface area contributed by atoms with Gasteiger partial charge in [0.2, 0.25) is 11.7 Å². The average molecular weight is 363 g/mol. The summed E-state index contributed by atoms with van der Waals surface area (Å²) in [6.45, 7) is 5.48. The van der Waals surface area contributed by atoms with E-state index in [1.54, 1.807) is 12.3 Å². The second kappa shape index (κ2) is 7.67. The molecule has 3 aromatic rings. The highest BCUT2D eigenvalue weighted by atomic mass is 16.5. The maximum atomic E-state index is 12.5. The van der Waals surface area contributed by atoms with Crippen molar-refractivity contribution in [3.8, 4) is 11.4 Å². The van der Waals surface area contributed by atoms with Gasteiger partial charge >= 0.3 is 0 Å². The summed E-state index contributed by atoms with van der Waals surface area (Å²) in [7, 11) is 0. The maximum absolute atomic E-state index is 12.5. The molecule has 4 rings (SSSR count). The lowest BCUT2D eigenvalue weighted by atomic mass is 10.1. The Morgan fingerprint density at radius 2 is 1.85 bits per heavy atom. The molecule has 0 radical (unpaired) electrons. The van der Waals surface area contributed by atoms with Crippen molar-refractivity contribution in [2.75, 3.05) is 26.2 Å². The summed E-state index contributed by atoms with van der Waals surface area (Å²) >= 11 is 0. The summed E-state index contributed by atoms with van der Waals surface area (Å²) in [6.07, 6.45) is 1.64. The van der Waals surface area contributed by atoms with Crippen LogP contribution in [-0.2, 0) is 6.54 Å². The highest BCUT2D eigenvalue weighted by Gasteiger charge is 2.24. The van der Waals surface area contributed by atoms with Crippen LogP contribution >= 0.6 is 0 Å². The molecule has 0 N–H and O–H groups in total. The van der Waals surface area contributed by atoms with E-state index in [-0.39, 0.29) is 5.91 Å². The van der Waals surface area contributed by atoms with Crippen LogP contribution in [0.25, 0.3) is 11.4 Å². The molecule has 7 heteroatoms. The third kappa shape index (κ3) is 4.03. The standard InChI is InChI=1S/C20H21N5O2/c1-15-5-7-16(8-6-15)19-22-18(27-23-19)14-24-10-12-25(13-11-24)20(26)17-4-2-3-9-21-17/h2-9H,10-14H2,1H3. The minimum atomic E-state index is -0.0188. The number of pyridine rings is 1. The minimum absolute atomic E-state index is 0.0188. The molecule has 0 unspecified atom stereocenters. The van der Waals surface area contributed by atoms with Gasteiger partial charge in [-0.1, -0.05) is 41.1 Å². The number of hydrogen-bond acceptors (Lipinski definition) is 6. The van der Waals surface area contributed by atoms with Gasteiger partial charge in [0.15, 0.2) is 0 Å². The second-order valence-electron chi connectivity index (χ2n) is 6.66. The fourth-order valence-electron chi connectivity index (χ4n) is 3.09. The van der Waals surface area contributed by atoms with Crippen LogP contribution in [0, 0.1) is 6.92 Å². The SMILES string of the molecule is Cc1ccc(-c2noc(CN3CCN(C(=O)c4ccccn4)CC3)n2)cc1. The molecule has 1 aliphatic heterocycles. The number of carbonyl (C=O) groups is 1. The van der Waals surface area contributed by atoms with E-state index in [2.05, 4.69) is 20.0 Å². The van der Waals surface area contributed by atoms with Gasteiger partial charge in [-0.2, -0.15) is 4.98 Å². The van der Waals surface area contributed by atoms with E-state index in [9.17, 15) is 4.79 Å². The van der Waals surface area contributed by atoms with E-state index in [1.807, 2.05) is 48.2 Å². The maximum Gasteiger partial charge on any atom is 0.272 e. The van der Waals surface area contributed by atoms with Crippen molar-refractivity contribution in [2.45, 2.75) is 13.5 Å². The van der Waals surface area contributed by atoms with E-state index in [0.29, 0.717) is 37.0 Å². The zero-order valence-corrected chi connectivity index (χ0v) is 15.2. The van der Waals surface area contributed by atoms with Gasteiger partial charge in [0.05, 0.1) is 6.54 Å². The van der Waals surface area contributed by atoms with Gasteiger partial charge in [0, 0.05) is 37.9 Å². The summed E-state index contributed by atoms with van der Waals surface area (Å²) in [5.41, 5.74) is 2.63. The first-order chi connectivity index (χ1) is 13.2. The van der Waals surface area contributed by atoms with Crippen molar-refractivity contribution in [1.82, 2.24) is 24.9 Å². The van der Waals surface area contributed by atoms with E-state index in [1.165, 1.54) is 5.56 Å².